The fourth-order valence-corrected chi connectivity index (χ4v) is 1.38. The summed E-state index contributed by atoms with van der Waals surface area (Å²) < 4.78 is 13.0. The first-order chi connectivity index (χ1) is 8.19. The molecule has 0 aliphatic heterocycles. The molecule has 0 amide bonds. The molecule has 1 aromatic carbocycles. The van der Waals surface area contributed by atoms with Crippen molar-refractivity contribution in [3.8, 4) is 12.3 Å². The zero-order chi connectivity index (χ0) is 12.7. The van der Waals surface area contributed by atoms with E-state index < -0.39 is 5.82 Å². The third-order valence-corrected chi connectivity index (χ3v) is 2.22. The number of amidine groups is 1. The van der Waals surface area contributed by atoms with E-state index in [1.807, 2.05) is 0 Å². The van der Waals surface area contributed by atoms with E-state index >= 15 is 0 Å². The van der Waals surface area contributed by atoms with Crippen molar-refractivity contribution in [3.05, 3.63) is 35.1 Å². The van der Waals surface area contributed by atoms with Crippen LogP contribution in [0, 0.1) is 18.2 Å². The van der Waals surface area contributed by atoms with Crippen LogP contribution in [0.4, 0.5) is 4.39 Å². The lowest BCUT2D eigenvalue weighted by Gasteiger charge is -2.09. The van der Waals surface area contributed by atoms with Gasteiger partial charge in [0, 0.05) is 25.1 Å². The molecule has 0 radical (unpaired) electrons. The van der Waals surface area contributed by atoms with Crippen LogP contribution in [0.2, 0.25) is 0 Å². The summed E-state index contributed by atoms with van der Waals surface area (Å²) in [5.41, 5.74) is 6.59. The Bertz CT molecular complexity index is 452. The summed E-state index contributed by atoms with van der Waals surface area (Å²) in [6.45, 7) is 1.14. The Morgan fingerprint density at radius 1 is 1.59 bits per heavy atom. The second-order valence-electron chi connectivity index (χ2n) is 3.42. The molecule has 5 heteroatoms. The third-order valence-electron chi connectivity index (χ3n) is 2.22. The van der Waals surface area contributed by atoms with E-state index in [0.717, 1.165) is 5.56 Å². The second kappa shape index (κ2) is 6.51. The van der Waals surface area contributed by atoms with Crippen molar-refractivity contribution in [2.24, 2.45) is 10.9 Å². The maximum Gasteiger partial charge on any atom is 0.170 e. The Labute approximate surface area is 99.3 Å². The smallest absolute Gasteiger partial charge is 0.170 e. The minimum atomic E-state index is -0.432. The van der Waals surface area contributed by atoms with Gasteiger partial charge in [0.25, 0.3) is 0 Å². The van der Waals surface area contributed by atoms with Crippen LogP contribution in [0.3, 0.4) is 0 Å². The number of benzene rings is 1. The molecule has 0 aliphatic rings. The monoisotopic (exact) mass is 235 g/mol. The molecule has 4 N–H and O–H groups in total. The van der Waals surface area contributed by atoms with Crippen molar-refractivity contribution in [3.63, 3.8) is 0 Å². The Balaban J connectivity index is 2.81. The van der Waals surface area contributed by atoms with Crippen molar-refractivity contribution in [1.29, 1.82) is 0 Å². The van der Waals surface area contributed by atoms with Gasteiger partial charge in [-0.25, -0.2) is 4.39 Å². The average molecular weight is 235 g/mol. The first-order valence-electron chi connectivity index (χ1n) is 5.09. The van der Waals surface area contributed by atoms with Crippen LogP contribution in [-0.4, -0.2) is 17.6 Å². The van der Waals surface area contributed by atoms with Crippen LogP contribution in [-0.2, 0) is 6.54 Å². The lowest BCUT2D eigenvalue weighted by Crippen LogP contribution is -2.20. The average Bonchev–Trinajstić information content (AvgIpc) is 2.35. The number of rotatable bonds is 5. The van der Waals surface area contributed by atoms with E-state index in [4.69, 9.17) is 17.4 Å². The molecule has 17 heavy (non-hydrogen) atoms. The number of oxime groups is 1. The number of nitrogens with one attached hydrogen (secondary N) is 1. The van der Waals surface area contributed by atoms with E-state index in [1.54, 1.807) is 6.07 Å². The fourth-order valence-electron chi connectivity index (χ4n) is 1.38. The van der Waals surface area contributed by atoms with E-state index in [9.17, 15) is 4.39 Å². The van der Waals surface area contributed by atoms with Gasteiger partial charge in [0.2, 0.25) is 0 Å². The van der Waals surface area contributed by atoms with Gasteiger partial charge in [-0.15, -0.1) is 12.3 Å². The molecule has 0 heterocycles. The van der Waals surface area contributed by atoms with Gasteiger partial charge in [-0.3, -0.25) is 0 Å². The van der Waals surface area contributed by atoms with E-state index in [2.05, 4.69) is 16.4 Å². The quantitative estimate of drug-likeness (QED) is 0.178. The SMILES string of the molecule is C#CCCNCc1ccc(F)cc1C(N)=NO. The van der Waals surface area contributed by atoms with Crippen LogP contribution in [0.5, 0.6) is 0 Å². The van der Waals surface area contributed by atoms with Crippen molar-refractivity contribution in [1.82, 2.24) is 5.32 Å². The van der Waals surface area contributed by atoms with Crippen LogP contribution in [0.1, 0.15) is 17.5 Å². The van der Waals surface area contributed by atoms with E-state index in [1.165, 1.54) is 12.1 Å². The number of hydrogen-bond donors (Lipinski definition) is 3. The predicted octanol–water partition coefficient (Wildman–Crippen LogP) is 1.03. The van der Waals surface area contributed by atoms with Gasteiger partial charge in [0.15, 0.2) is 5.84 Å². The highest BCUT2D eigenvalue weighted by Crippen LogP contribution is 2.11. The minimum absolute atomic E-state index is 0.113. The molecule has 90 valence electrons. The molecule has 0 saturated carbocycles. The molecule has 0 atom stereocenters. The maximum absolute atomic E-state index is 13.0. The summed E-state index contributed by atoms with van der Waals surface area (Å²) in [4.78, 5) is 0. The first-order valence-corrected chi connectivity index (χ1v) is 5.09. The molecular formula is C12H14FN3O. The number of halogens is 1. The Hall–Kier alpha value is -2.06. The summed E-state index contributed by atoms with van der Waals surface area (Å²) in [7, 11) is 0. The minimum Gasteiger partial charge on any atom is -0.409 e. The summed E-state index contributed by atoms with van der Waals surface area (Å²) in [6.07, 6.45) is 5.73. The van der Waals surface area contributed by atoms with Gasteiger partial charge < -0.3 is 16.3 Å². The van der Waals surface area contributed by atoms with Crippen LogP contribution < -0.4 is 11.1 Å². The van der Waals surface area contributed by atoms with Crippen LogP contribution >= 0.6 is 0 Å². The molecule has 0 aromatic heterocycles. The summed E-state index contributed by atoms with van der Waals surface area (Å²) >= 11 is 0. The number of nitrogens with two attached hydrogens (primary N) is 1. The Morgan fingerprint density at radius 2 is 2.35 bits per heavy atom. The summed E-state index contributed by atoms with van der Waals surface area (Å²) in [6, 6.07) is 4.14. The number of nitrogens with zero attached hydrogens (tertiary/aromatic N) is 1. The van der Waals surface area contributed by atoms with E-state index in [-0.39, 0.29) is 5.84 Å². The van der Waals surface area contributed by atoms with Gasteiger partial charge in [0.05, 0.1) is 0 Å². The van der Waals surface area contributed by atoms with Crippen molar-refractivity contribution in [2.45, 2.75) is 13.0 Å². The Kier molecular flexibility index (Phi) is 4.98. The highest BCUT2D eigenvalue weighted by atomic mass is 19.1. The molecule has 0 unspecified atom stereocenters. The highest BCUT2D eigenvalue weighted by molar-refractivity contribution is 5.98. The van der Waals surface area contributed by atoms with Crippen molar-refractivity contribution < 1.29 is 9.60 Å². The topological polar surface area (TPSA) is 70.6 Å². The van der Waals surface area contributed by atoms with Gasteiger partial charge in [-0.1, -0.05) is 11.2 Å². The van der Waals surface area contributed by atoms with Crippen molar-refractivity contribution in [2.75, 3.05) is 6.54 Å². The lowest BCUT2D eigenvalue weighted by molar-refractivity contribution is 0.318. The van der Waals surface area contributed by atoms with Gasteiger partial charge in [0.1, 0.15) is 5.82 Å². The van der Waals surface area contributed by atoms with E-state index in [0.29, 0.717) is 25.1 Å². The standard InChI is InChI=1S/C12H14FN3O/c1-2-3-6-15-8-9-4-5-10(13)7-11(9)12(14)16-17/h1,4-5,7,15,17H,3,6,8H2,(H2,14,16). The second-order valence-corrected chi connectivity index (χ2v) is 3.42. The molecule has 1 rings (SSSR count). The Morgan fingerprint density at radius 3 is 3.00 bits per heavy atom. The van der Waals surface area contributed by atoms with Crippen LogP contribution in [0.25, 0.3) is 0 Å². The van der Waals surface area contributed by atoms with Gasteiger partial charge >= 0.3 is 0 Å². The fraction of sp³-hybridized carbons (Fsp3) is 0.250. The predicted molar refractivity (Wildman–Crippen MR) is 64.1 cm³/mol. The lowest BCUT2D eigenvalue weighted by atomic mass is 10.1. The van der Waals surface area contributed by atoms with Crippen LogP contribution in [0.15, 0.2) is 23.4 Å². The molecule has 0 saturated heterocycles. The molecule has 0 spiro atoms. The molecule has 0 aliphatic carbocycles. The molecule has 0 bridgehead atoms. The first kappa shape index (κ1) is 13.0. The highest BCUT2D eigenvalue weighted by Gasteiger charge is 2.08. The largest absolute Gasteiger partial charge is 0.409 e. The molecule has 4 nitrogen and oxygen atoms in total. The zero-order valence-corrected chi connectivity index (χ0v) is 9.28. The summed E-state index contributed by atoms with van der Waals surface area (Å²) in [5, 5.41) is 14.6. The summed E-state index contributed by atoms with van der Waals surface area (Å²) in [5.74, 6) is 1.96. The molecule has 0 fully saturated rings. The normalized spacial score (nSPS) is 11.2. The van der Waals surface area contributed by atoms with Gasteiger partial charge in [-0.2, -0.15) is 0 Å². The number of hydrogen-bond acceptors (Lipinski definition) is 3. The van der Waals surface area contributed by atoms with Gasteiger partial charge in [-0.05, 0) is 17.7 Å². The third kappa shape index (κ3) is 3.78. The zero-order valence-electron chi connectivity index (χ0n) is 9.28. The maximum atomic E-state index is 13.0. The molecule has 1 aromatic rings. The molecular weight excluding hydrogens is 221 g/mol. The van der Waals surface area contributed by atoms with Crippen molar-refractivity contribution >= 4 is 5.84 Å². The number of terminal acetylenes is 1.